The van der Waals surface area contributed by atoms with Crippen LogP contribution >= 0.6 is 0 Å². The summed E-state index contributed by atoms with van der Waals surface area (Å²) in [5.74, 6) is -1.02. The number of hydrazine groups is 1. The second-order valence-electron chi connectivity index (χ2n) is 19.6. The largest absolute Gasteiger partial charge is 0.464 e. The number of carbonyl (C=O) groups is 4. The number of hydrogen-bond donors (Lipinski definition) is 2. The molecular formula is C47H65N9O8. The number of hydrogen-bond acceptors (Lipinski definition) is 12. The fourth-order valence-electron chi connectivity index (χ4n) is 8.70. The van der Waals surface area contributed by atoms with Gasteiger partial charge in [0, 0.05) is 67.8 Å². The number of amides is 3. The van der Waals surface area contributed by atoms with Crippen molar-refractivity contribution in [2.24, 2.45) is 31.3 Å². The third-order valence-electron chi connectivity index (χ3n) is 12.4. The number of pyridine rings is 1. The van der Waals surface area contributed by atoms with Gasteiger partial charge in [0.1, 0.15) is 17.7 Å². The summed E-state index contributed by atoms with van der Waals surface area (Å²) in [6.45, 7) is 16.7. The van der Waals surface area contributed by atoms with Gasteiger partial charge in [0.05, 0.1) is 55.8 Å². The number of ether oxygens (including phenoxy) is 4. The highest BCUT2D eigenvalue weighted by molar-refractivity contribution is 5.95. The summed E-state index contributed by atoms with van der Waals surface area (Å²) in [6, 6.07) is 8.36. The Labute approximate surface area is 375 Å². The molecule has 7 rings (SSSR count). The highest BCUT2D eigenvalue weighted by Crippen LogP contribution is 2.41. The van der Waals surface area contributed by atoms with Gasteiger partial charge < -0.3 is 33.7 Å². The number of carbonyl (C=O) groups excluding carboxylic acids is 4. The van der Waals surface area contributed by atoms with E-state index in [9.17, 15) is 19.2 Å². The lowest BCUT2D eigenvalue weighted by atomic mass is 9.84. The first-order chi connectivity index (χ1) is 30.2. The van der Waals surface area contributed by atoms with Crippen LogP contribution < -0.4 is 10.7 Å². The van der Waals surface area contributed by atoms with Gasteiger partial charge >= 0.3 is 12.1 Å². The Morgan fingerprint density at radius 3 is 2.55 bits per heavy atom. The van der Waals surface area contributed by atoms with E-state index in [4.69, 9.17) is 34.0 Å². The number of nitrogens with one attached hydrogen (secondary N) is 2. The predicted molar refractivity (Wildman–Crippen MR) is 239 cm³/mol. The lowest BCUT2D eigenvalue weighted by Gasteiger charge is -2.40. The third kappa shape index (κ3) is 10.1. The van der Waals surface area contributed by atoms with Crippen LogP contribution in [0.3, 0.4) is 0 Å². The maximum absolute atomic E-state index is 14.5. The van der Waals surface area contributed by atoms with Gasteiger partial charge in [0.15, 0.2) is 11.6 Å². The molecule has 6 bridgehead atoms. The van der Waals surface area contributed by atoms with E-state index in [1.54, 1.807) is 22.9 Å². The molecule has 2 N–H and O–H groups in total. The first-order valence-electron chi connectivity index (χ1n) is 22.4. The monoisotopic (exact) mass is 883 g/mol. The lowest BCUT2D eigenvalue weighted by Crippen LogP contribution is -2.61. The third-order valence-corrected chi connectivity index (χ3v) is 12.4. The van der Waals surface area contributed by atoms with E-state index in [2.05, 4.69) is 47.4 Å². The van der Waals surface area contributed by atoms with Crippen molar-refractivity contribution < 1.29 is 38.1 Å². The Kier molecular flexibility index (Phi) is 13.5. The van der Waals surface area contributed by atoms with Crippen LogP contribution in [0.5, 0.6) is 0 Å². The number of esters is 1. The molecule has 4 atom stereocenters. The minimum absolute atomic E-state index is 0.0104. The smallest absolute Gasteiger partial charge is 0.410 e. The summed E-state index contributed by atoms with van der Waals surface area (Å²) in [4.78, 5) is 66.4. The number of methoxy groups -OCH3 is 1. The van der Waals surface area contributed by atoms with Gasteiger partial charge in [-0.3, -0.25) is 24.4 Å². The van der Waals surface area contributed by atoms with Crippen LogP contribution in [0.4, 0.5) is 4.79 Å². The Balaban J connectivity index is 1.22. The summed E-state index contributed by atoms with van der Waals surface area (Å²) in [5.41, 5.74) is 7.66. The average Bonchev–Trinajstić information content (AvgIpc) is 3.72. The van der Waals surface area contributed by atoms with Crippen molar-refractivity contribution in [3.63, 3.8) is 0 Å². The first-order valence-corrected chi connectivity index (χ1v) is 22.4. The van der Waals surface area contributed by atoms with Gasteiger partial charge in [0.25, 0.3) is 5.91 Å². The van der Waals surface area contributed by atoms with Gasteiger partial charge in [0.2, 0.25) is 5.91 Å². The molecule has 3 amide bonds. The molecule has 0 saturated carbocycles. The van der Waals surface area contributed by atoms with Crippen molar-refractivity contribution in [2.75, 3.05) is 40.0 Å². The van der Waals surface area contributed by atoms with Gasteiger partial charge in [-0.15, -0.1) is 0 Å². The molecule has 17 heteroatoms. The minimum Gasteiger partial charge on any atom is -0.464 e. The van der Waals surface area contributed by atoms with E-state index in [1.165, 1.54) is 5.01 Å². The van der Waals surface area contributed by atoms with E-state index in [0.29, 0.717) is 50.5 Å². The van der Waals surface area contributed by atoms with Crippen molar-refractivity contribution >= 4 is 34.8 Å². The Bertz CT molecular complexity index is 2380. The number of likely N-dealkylation sites (tertiary alicyclic amines) is 1. The van der Waals surface area contributed by atoms with Crippen molar-refractivity contribution in [3.8, 4) is 22.6 Å². The molecule has 0 radical (unpaired) electrons. The Morgan fingerprint density at radius 1 is 1.09 bits per heavy atom. The zero-order valence-corrected chi connectivity index (χ0v) is 39.2. The molecule has 4 aromatic rings. The normalized spacial score (nSPS) is 20.7. The zero-order chi connectivity index (χ0) is 46.2. The number of aryl methyl sites for hydroxylation is 2. The Hall–Kier alpha value is -5.39. The van der Waals surface area contributed by atoms with Crippen molar-refractivity contribution in [1.29, 1.82) is 0 Å². The van der Waals surface area contributed by atoms with Crippen LogP contribution in [0, 0.1) is 17.3 Å². The van der Waals surface area contributed by atoms with Gasteiger partial charge in [-0.05, 0) is 88.8 Å². The summed E-state index contributed by atoms with van der Waals surface area (Å²) >= 11 is 0. The fourth-order valence-corrected chi connectivity index (χ4v) is 8.70. The maximum Gasteiger partial charge on any atom is 0.410 e. The molecule has 2 fully saturated rings. The summed E-state index contributed by atoms with van der Waals surface area (Å²) in [5, 5.41) is 10.2. The SMILES string of the molecule is CO[C@@H](C)c1ncccc1-c1c2c3cc(ccc3n1C)-c1nc(nn1C)C[C@H](NC(=O)[C@@H](COC1CN(C(=O)OC(C)(C)C)C1)C(C)C)C(=O)N1CCC[C@H](N1)C(=O)OCC(C)(C)C2. The second-order valence-corrected chi connectivity index (χ2v) is 19.6. The molecule has 2 saturated heterocycles. The minimum atomic E-state index is -1.08. The molecule has 346 valence electrons. The van der Waals surface area contributed by atoms with E-state index < -0.39 is 47.0 Å². The predicted octanol–water partition coefficient (Wildman–Crippen LogP) is 5.30. The maximum atomic E-state index is 14.5. The van der Waals surface area contributed by atoms with Crippen LogP contribution in [0.25, 0.3) is 33.5 Å². The number of nitrogens with zero attached hydrogens (tertiary/aromatic N) is 7. The molecule has 6 heterocycles. The molecular weight excluding hydrogens is 819 g/mol. The van der Waals surface area contributed by atoms with Crippen LogP contribution in [0.15, 0.2) is 36.5 Å². The highest BCUT2D eigenvalue weighted by atomic mass is 16.6. The summed E-state index contributed by atoms with van der Waals surface area (Å²) < 4.78 is 27.4. The topological polar surface area (TPSA) is 184 Å². The molecule has 0 unspecified atom stereocenters. The number of fused-ring (bicyclic) bond motifs is 6. The van der Waals surface area contributed by atoms with E-state index in [-0.39, 0.29) is 43.7 Å². The molecule has 1 aromatic carbocycles. The van der Waals surface area contributed by atoms with Crippen LogP contribution in [-0.4, -0.2) is 122 Å². The number of cyclic esters (lactones) is 1. The van der Waals surface area contributed by atoms with Crippen LogP contribution in [0.2, 0.25) is 0 Å². The van der Waals surface area contributed by atoms with Gasteiger partial charge in [-0.1, -0.05) is 27.7 Å². The van der Waals surface area contributed by atoms with Crippen LogP contribution in [0.1, 0.15) is 91.4 Å². The van der Waals surface area contributed by atoms with Crippen molar-refractivity contribution in [2.45, 2.75) is 111 Å². The van der Waals surface area contributed by atoms with Gasteiger partial charge in [-0.25, -0.2) is 19.9 Å². The van der Waals surface area contributed by atoms with Crippen molar-refractivity contribution in [1.82, 2.24) is 45.0 Å². The van der Waals surface area contributed by atoms with E-state index in [0.717, 1.165) is 39.0 Å². The number of rotatable bonds is 9. The molecule has 3 aromatic heterocycles. The van der Waals surface area contributed by atoms with Crippen molar-refractivity contribution in [3.05, 3.63) is 53.6 Å². The standard InChI is InChI=1S/C47H65N9O8/c1-27(2)34(25-62-30-23-55(24-30)45(60)64-46(4,5)6)42(57)49-36-21-38-50-41(54(10)52-38)29-16-17-37-32(20-29)33(40(53(37)9)31-14-12-18-48-39(31)28(3)61-11)22-47(7,8)26-63-44(59)35-15-13-19-56(51-35)43(36)58/h12,14,16-18,20,27-28,30,34-36,51H,13,15,19,21-26H2,1-11H3,(H,49,57)/t28-,34-,35-,36-/m0/s1. The lowest BCUT2D eigenvalue weighted by molar-refractivity contribution is -0.155. The van der Waals surface area contributed by atoms with Gasteiger partial charge in [-0.2, -0.15) is 5.10 Å². The zero-order valence-electron chi connectivity index (χ0n) is 39.2. The Morgan fingerprint density at radius 2 is 1.84 bits per heavy atom. The van der Waals surface area contributed by atoms with E-state index in [1.807, 2.05) is 67.8 Å². The summed E-state index contributed by atoms with van der Waals surface area (Å²) in [7, 11) is 5.54. The molecule has 17 nitrogen and oxygen atoms in total. The first kappa shape index (κ1) is 46.6. The molecule has 3 aliphatic heterocycles. The number of benzene rings is 1. The summed E-state index contributed by atoms with van der Waals surface area (Å²) in [6.07, 6.45) is 2.44. The average molecular weight is 884 g/mol. The van der Waals surface area contributed by atoms with E-state index >= 15 is 0 Å². The quantitative estimate of drug-likeness (QED) is 0.207. The molecule has 0 spiro atoms. The van der Waals surface area contributed by atoms with Crippen LogP contribution in [-0.2, 0) is 60.3 Å². The number of aromatic nitrogens is 5. The molecule has 0 aliphatic carbocycles. The molecule has 64 heavy (non-hydrogen) atoms. The highest BCUT2D eigenvalue weighted by Gasteiger charge is 2.39. The fraction of sp³-hybridized carbons (Fsp3) is 0.596. The molecule has 3 aliphatic rings. The second kappa shape index (κ2) is 18.6.